The van der Waals surface area contributed by atoms with Gasteiger partial charge in [-0.05, 0) is 42.8 Å². The van der Waals surface area contributed by atoms with Crippen molar-refractivity contribution < 1.29 is 19.1 Å². The Hall–Kier alpha value is -4.52. The standard InChI is InChI=1S/C30H25ClN4O4S/c1-18-26(28(37)34-19-10-4-3-5-11-19)27(20-12-6-8-14-23(20)31)22(16-32)29(33-18)40-17-25(36)35-24-15-9-7-13-21(24)30(38)39-2/h3-15,27,33H,17H2,1-2H3,(H,34,37)(H,35,36)/t27-/m0/s1. The molecule has 3 aromatic carbocycles. The number of allylic oxidation sites excluding steroid dienone is 2. The van der Waals surface area contributed by atoms with Crippen LogP contribution in [0.5, 0.6) is 0 Å². The molecule has 0 saturated carbocycles. The van der Waals surface area contributed by atoms with Gasteiger partial charge in [0.15, 0.2) is 0 Å². The molecule has 1 heterocycles. The lowest BCUT2D eigenvalue weighted by Gasteiger charge is -2.30. The number of benzene rings is 3. The SMILES string of the molecule is COC(=O)c1ccccc1NC(=O)CSC1=C(C#N)[C@H](c2ccccc2Cl)C(C(=O)Nc2ccccc2)=C(C)N1. The predicted molar refractivity (Wildman–Crippen MR) is 157 cm³/mol. The molecule has 0 aromatic heterocycles. The third-order valence-electron chi connectivity index (χ3n) is 6.09. The van der Waals surface area contributed by atoms with Gasteiger partial charge < -0.3 is 20.7 Å². The summed E-state index contributed by atoms with van der Waals surface area (Å²) in [5, 5.41) is 19.9. The van der Waals surface area contributed by atoms with Gasteiger partial charge in [0.1, 0.15) is 0 Å². The molecule has 8 nitrogen and oxygen atoms in total. The van der Waals surface area contributed by atoms with Crippen molar-refractivity contribution in [3.05, 3.63) is 117 Å². The third-order valence-corrected chi connectivity index (χ3v) is 7.46. The fourth-order valence-electron chi connectivity index (χ4n) is 4.27. The molecule has 40 heavy (non-hydrogen) atoms. The highest BCUT2D eigenvalue weighted by molar-refractivity contribution is 8.03. The molecule has 3 N–H and O–H groups in total. The van der Waals surface area contributed by atoms with Crippen LogP contribution in [0, 0.1) is 11.3 Å². The molecular weight excluding hydrogens is 548 g/mol. The van der Waals surface area contributed by atoms with E-state index in [0.717, 1.165) is 11.8 Å². The van der Waals surface area contributed by atoms with Crippen LogP contribution < -0.4 is 16.0 Å². The molecule has 0 fully saturated rings. The second kappa shape index (κ2) is 13.0. The number of dihydropyridines is 1. The Morgan fingerprint density at radius 3 is 2.38 bits per heavy atom. The molecule has 2 amide bonds. The van der Waals surface area contributed by atoms with Crippen molar-refractivity contribution in [2.75, 3.05) is 23.5 Å². The summed E-state index contributed by atoms with van der Waals surface area (Å²) in [5.41, 5.74) is 2.86. The maximum atomic E-state index is 13.5. The highest BCUT2D eigenvalue weighted by Gasteiger charge is 2.36. The van der Waals surface area contributed by atoms with E-state index in [-0.39, 0.29) is 22.8 Å². The van der Waals surface area contributed by atoms with Crippen LogP contribution in [0.1, 0.15) is 28.8 Å². The number of ether oxygens (including phenoxy) is 1. The van der Waals surface area contributed by atoms with E-state index in [4.69, 9.17) is 16.3 Å². The lowest BCUT2D eigenvalue weighted by molar-refractivity contribution is -0.114. The second-order valence-corrected chi connectivity index (χ2v) is 10.1. The van der Waals surface area contributed by atoms with E-state index in [1.165, 1.54) is 7.11 Å². The summed E-state index contributed by atoms with van der Waals surface area (Å²) < 4.78 is 4.79. The van der Waals surface area contributed by atoms with Crippen LogP contribution in [0.25, 0.3) is 0 Å². The number of hydrogen-bond donors (Lipinski definition) is 3. The molecule has 1 aliphatic rings. The molecule has 1 aliphatic heterocycles. The van der Waals surface area contributed by atoms with E-state index < -0.39 is 17.8 Å². The van der Waals surface area contributed by atoms with Crippen LogP contribution in [0.15, 0.2) is 101 Å². The van der Waals surface area contributed by atoms with Crippen molar-refractivity contribution >= 4 is 52.5 Å². The topological polar surface area (TPSA) is 120 Å². The summed E-state index contributed by atoms with van der Waals surface area (Å²) in [7, 11) is 1.26. The number of para-hydroxylation sites is 2. The number of nitriles is 1. The molecule has 3 aromatic rings. The zero-order valence-corrected chi connectivity index (χ0v) is 23.2. The van der Waals surface area contributed by atoms with Crippen molar-refractivity contribution in [1.82, 2.24) is 5.32 Å². The first-order chi connectivity index (χ1) is 19.3. The first-order valence-corrected chi connectivity index (χ1v) is 13.5. The monoisotopic (exact) mass is 572 g/mol. The Kier molecular flexibility index (Phi) is 9.27. The molecule has 1 atom stereocenters. The molecule has 10 heteroatoms. The molecular formula is C30H25ClN4O4S. The zero-order valence-electron chi connectivity index (χ0n) is 21.7. The van der Waals surface area contributed by atoms with Gasteiger partial charge in [-0.15, -0.1) is 0 Å². The molecule has 0 radical (unpaired) electrons. The molecule has 0 aliphatic carbocycles. The van der Waals surface area contributed by atoms with Gasteiger partial charge in [0, 0.05) is 22.0 Å². The number of amides is 2. The Labute approximate surface area is 241 Å². The minimum absolute atomic E-state index is 0.0723. The number of carbonyl (C=O) groups is 3. The maximum Gasteiger partial charge on any atom is 0.339 e. The zero-order chi connectivity index (χ0) is 28.6. The average molecular weight is 573 g/mol. The molecule has 0 bridgehead atoms. The number of rotatable bonds is 8. The Bertz CT molecular complexity index is 1560. The highest BCUT2D eigenvalue weighted by atomic mass is 35.5. The average Bonchev–Trinajstić information content (AvgIpc) is 2.96. The summed E-state index contributed by atoms with van der Waals surface area (Å²) in [5.74, 6) is -2.19. The van der Waals surface area contributed by atoms with Crippen LogP contribution in [-0.2, 0) is 14.3 Å². The number of esters is 1. The summed E-state index contributed by atoms with van der Waals surface area (Å²) in [6, 6.07) is 24.8. The maximum absolute atomic E-state index is 13.5. The Morgan fingerprint density at radius 2 is 1.68 bits per heavy atom. The van der Waals surface area contributed by atoms with Crippen LogP contribution in [0.2, 0.25) is 5.02 Å². The summed E-state index contributed by atoms with van der Waals surface area (Å²) in [6.45, 7) is 1.74. The van der Waals surface area contributed by atoms with Crippen molar-refractivity contribution in [3.63, 3.8) is 0 Å². The summed E-state index contributed by atoms with van der Waals surface area (Å²) in [6.07, 6.45) is 0. The van der Waals surface area contributed by atoms with Crippen molar-refractivity contribution in [2.24, 2.45) is 0 Å². The van der Waals surface area contributed by atoms with E-state index in [9.17, 15) is 19.6 Å². The molecule has 0 spiro atoms. The van der Waals surface area contributed by atoms with Gasteiger partial charge in [-0.2, -0.15) is 5.26 Å². The molecule has 0 unspecified atom stereocenters. The number of methoxy groups -OCH3 is 1. The van der Waals surface area contributed by atoms with Crippen molar-refractivity contribution in [3.8, 4) is 6.07 Å². The number of halogens is 1. The van der Waals surface area contributed by atoms with Gasteiger partial charge >= 0.3 is 5.97 Å². The second-order valence-electron chi connectivity index (χ2n) is 8.67. The van der Waals surface area contributed by atoms with E-state index in [0.29, 0.717) is 38.3 Å². The predicted octanol–water partition coefficient (Wildman–Crippen LogP) is 5.83. The minimum Gasteiger partial charge on any atom is -0.465 e. The fourth-order valence-corrected chi connectivity index (χ4v) is 5.41. The lowest BCUT2D eigenvalue weighted by Crippen LogP contribution is -2.31. The summed E-state index contributed by atoms with van der Waals surface area (Å²) >= 11 is 7.67. The van der Waals surface area contributed by atoms with Gasteiger partial charge in [0.25, 0.3) is 5.91 Å². The van der Waals surface area contributed by atoms with E-state index in [1.54, 1.807) is 67.6 Å². The smallest absolute Gasteiger partial charge is 0.339 e. The van der Waals surface area contributed by atoms with Crippen molar-refractivity contribution in [2.45, 2.75) is 12.8 Å². The molecule has 0 saturated heterocycles. The third kappa shape index (κ3) is 6.37. The van der Waals surface area contributed by atoms with Gasteiger partial charge in [-0.3, -0.25) is 9.59 Å². The number of carbonyl (C=O) groups excluding carboxylic acids is 3. The Balaban J connectivity index is 1.63. The van der Waals surface area contributed by atoms with Crippen molar-refractivity contribution in [1.29, 1.82) is 5.26 Å². The Morgan fingerprint density at radius 1 is 1.00 bits per heavy atom. The van der Waals surface area contributed by atoms with Crippen LogP contribution in [0.3, 0.4) is 0 Å². The van der Waals surface area contributed by atoms with Gasteiger partial charge in [-0.25, -0.2) is 4.79 Å². The van der Waals surface area contributed by atoms with Gasteiger partial charge in [0.05, 0.1) is 46.7 Å². The normalized spacial score (nSPS) is 14.6. The van der Waals surface area contributed by atoms with Crippen LogP contribution >= 0.6 is 23.4 Å². The first kappa shape index (κ1) is 28.5. The number of hydrogen-bond acceptors (Lipinski definition) is 7. The number of nitrogens with one attached hydrogen (secondary N) is 3. The fraction of sp³-hybridized carbons (Fsp3) is 0.133. The number of nitrogens with zero attached hydrogens (tertiary/aromatic N) is 1. The van der Waals surface area contributed by atoms with Crippen LogP contribution in [-0.4, -0.2) is 30.6 Å². The highest BCUT2D eigenvalue weighted by Crippen LogP contribution is 2.43. The minimum atomic E-state index is -0.769. The number of thioether (sulfide) groups is 1. The van der Waals surface area contributed by atoms with E-state index in [1.807, 2.05) is 18.2 Å². The summed E-state index contributed by atoms with van der Waals surface area (Å²) in [4.78, 5) is 38.4. The first-order valence-electron chi connectivity index (χ1n) is 12.2. The largest absolute Gasteiger partial charge is 0.465 e. The van der Waals surface area contributed by atoms with E-state index >= 15 is 0 Å². The number of anilines is 2. The van der Waals surface area contributed by atoms with E-state index in [2.05, 4.69) is 22.0 Å². The molecule has 4 rings (SSSR count). The quantitative estimate of drug-likeness (QED) is 0.290. The lowest BCUT2D eigenvalue weighted by atomic mass is 9.82. The van der Waals surface area contributed by atoms with Gasteiger partial charge in [-0.1, -0.05) is 71.9 Å². The van der Waals surface area contributed by atoms with Gasteiger partial charge in [0.2, 0.25) is 5.91 Å². The molecule has 202 valence electrons. The van der Waals surface area contributed by atoms with Crippen LogP contribution in [0.4, 0.5) is 11.4 Å².